The van der Waals surface area contributed by atoms with E-state index in [9.17, 15) is 18.0 Å². The van der Waals surface area contributed by atoms with E-state index in [1.165, 1.54) is 19.5 Å². The Labute approximate surface area is 152 Å². The summed E-state index contributed by atoms with van der Waals surface area (Å²) in [5.41, 5.74) is -0.787. The lowest BCUT2D eigenvalue weighted by Crippen LogP contribution is -2.15. The van der Waals surface area contributed by atoms with Gasteiger partial charge in [-0.25, -0.2) is 18.2 Å². The highest BCUT2D eigenvalue weighted by molar-refractivity contribution is 6.03. The number of benzene rings is 1. The number of carbonyl (C=O) groups is 1. The van der Waals surface area contributed by atoms with Gasteiger partial charge in [0.05, 0.1) is 24.1 Å². The van der Waals surface area contributed by atoms with Crippen molar-refractivity contribution in [2.24, 2.45) is 0 Å². The number of anilines is 1. The average Bonchev–Trinajstić information content (AvgIpc) is 2.63. The molecule has 2 heterocycles. The predicted molar refractivity (Wildman–Crippen MR) is 92.5 cm³/mol. The molecular formula is C19H14F3N3O2. The topological polar surface area (TPSA) is 64.1 Å². The third kappa shape index (κ3) is 4.12. The Morgan fingerprint density at radius 2 is 1.85 bits per heavy atom. The van der Waals surface area contributed by atoms with Crippen molar-refractivity contribution in [1.82, 2.24) is 9.97 Å². The highest BCUT2D eigenvalue weighted by Gasteiger charge is 2.20. The van der Waals surface area contributed by atoms with Crippen molar-refractivity contribution in [3.05, 3.63) is 77.5 Å². The van der Waals surface area contributed by atoms with Gasteiger partial charge < -0.3 is 10.1 Å². The van der Waals surface area contributed by atoms with E-state index in [0.29, 0.717) is 5.69 Å². The first-order valence-corrected chi connectivity index (χ1v) is 7.84. The van der Waals surface area contributed by atoms with Gasteiger partial charge in [0.25, 0.3) is 5.91 Å². The summed E-state index contributed by atoms with van der Waals surface area (Å²) in [6, 6.07) is 7.34. The molecule has 1 N–H and O–H groups in total. The summed E-state index contributed by atoms with van der Waals surface area (Å²) in [6.07, 6.45) is 2.94. The number of pyridine rings is 2. The Kier molecular flexibility index (Phi) is 5.46. The average molecular weight is 373 g/mol. The fourth-order valence-electron chi connectivity index (χ4n) is 2.48. The second kappa shape index (κ2) is 7.96. The summed E-state index contributed by atoms with van der Waals surface area (Å²) in [7, 11) is 1.38. The summed E-state index contributed by atoms with van der Waals surface area (Å²) in [5, 5.41) is 2.52. The van der Waals surface area contributed by atoms with Crippen LogP contribution >= 0.6 is 0 Å². The molecule has 0 saturated heterocycles. The molecule has 0 radical (unpaired) electrons. The number of nitrogens with zero attached hydrogens (tertiary/aromatic N) is 2. The second-order valence-electron chi connectivity index (χ2n) is 5.59. The van der Waals surface area contributed by atoms with E-state index in [0.717, 1.165) is 24.3 Å². The molecule has 0 atom stereocenters. The lowest BCUT2D eigenvalue weighted by atomic mass is 10.1. The molecule has 1 aromatic carbocycles. The fraction of sp³-hybridized carbons (Fsp3) is 0.105. The van der Waals surface area contributed by atoms with Crippen LogP contribution < -0.4 is 5.32 Å². The van der Waals surface area contributed by atoms with Crippen LogP contribution in [0.25, 0.3) is 11.3 Å². The Hall–Kier alpha value is -3.26. The molecule has 8 heteroatoms. The number of amides is 1. The van der Waals surface area contributed by atoms with Crippen LogP contribution in [-0.4, -0.2) is 23.0 Å². The van der Waals surface area contributed by atoms with E-state index in [1.807, 2.05) is 0 Å². The number of hydrogen-bond donors (Lipinski definition) is 1. The van der Waals surface area contributed by atoms with Crippen LogP contribution in [0.2, 0.25) is 0 Å². The maximum Gasteiger partial charge on any atom is 0.274 e. The quantitative estimate of drug-likeness (QED) is 0.735. The monoisotopic (exact) mass is 373 g/mol. The van der Waals surface area contributed by atoms with Crippen molar-refractivity contribution < 1.29 is 22.7 Å². The van der Waals surface area contributed by atoms with Crippen LogP contribution in [0.15, 0.2) is 48.8 Å². The van der Waals surface area contributed by atoms with E-state index in [2.05, 4.69) is 15.3 Å². The van der Waals surface area contributed by atoms with Crippen LogP contribution in [0.5, 0.6) is 0 Å². The number of aromatic nitrogens is 2. The van der Waals surface area contributed by atoms with Gasteiger partial charge in [0.15, 0.2) is 0 Å². The van der Waals surface area contributed by atoms with Gasteiger partial charge in [-0.15, -0.1) is 0 Å². The van der Waals surface area contributed by atoms with Crippen LogP contribution in [-0.2, 0) is 11.3 Å². The van der Waals surface area contributed by atoms with Crippen molar-refractivity contribution in [1.29, 1.82) is 0 Å². The Morgan fingerprint density at radius 1 is 1.11 bits per heavy atom. The molecule has 0 spiro atoms. The number of halogens is 3. The molecule has 3 aromatic rings. The van der Waals surface area contributed by atoms with Gasteiger partial charge in [0, 0.05) is 13.3 Å². The number of hydrogen-bond acceptors (Lipinski definition) is 4. The molecule has 0 unspecified atom stereocenters. The first-order chi connectivity index (χ1) is 13.0. The van der Waals surface area contributed by atoms with Gasteiger partial charge >= 0.3 is 0 Å². The van der Waals surface area contributed by atoms with E-state index < -0.39 is 34.6 Å². The summed E-state index contributed by atoms with van der Waals surface area (Å²) >= 11 is 0. The zero-order chi connectivity index (χ0) is 19.4. The molecule has 0 aliphatic carbocycles. The van der Waals surface area contributed by atoms with Gasteiger partial charge in [-0.1, -0.05) is 0 Å². The summed E-state index contributed by atoms with van der Waals surface area (Å²) in [5.74, 6) is -3.62. The van der Waals surface area contributed by atoms with Crippen LogP contribution in [0.3, 0.4) is 0 Å². The van der Waals surface area contributed by atoms with Crippen LogP contribution in [0, 0.1) is 17.5 Å². The molecule has 0 aliphatic rings. The summed E-state index contributed by atoms with van der Waals surface area (Å²) < 4.78 is 47.8. The van der Waals surface area contributed by atoms with Gasteiger partial charge in [-0.3, -0.25) is 9.78 Å². The molecular weight excluding hydrogens is 359 g/mol. The minimum atomic E-state index is -1.00. The maximum atomic E-state index is 14.4. The zero-order valence-electron chi connectivity index (χ0n) is 14.2. The molecule has 0 bridgehead atoms. The molecule has 3 rings (SSSR count). The molecule has 2 aromatic heterocycles. The smallest absolute Gasteiger partial charge is 0.274 e. The standard InChI is InChI=1S/C19H14F3N3O2/c1-27-10-11-7-14(21)17(15(22)8-11)18-13(20)4-5-16(25-18)19(26)24-12-3-2-6-23-9-12/h2-9H,10H2,1H3,(H,24,26). The minimum absolute atomic E-state index is 0.00239. The summed E-state index contributed by atoms with van der Waals surface area (Å²) in [6.45, 7) is -0.00239. The molecule has 1 amide bonds. The highest BCUT2D eigenvalue weighted by atomic mass is 19.1. The maximum absolute atomic E-state index is 14.4. The molecule has 0 fully saturated rings. The molecule has 0 aliphatic heterocycles. The van der Waals surface area contributed by atoms with Gasteiger partial charge in [-0.05, 0) is 42.0 Å². The van der Waals surface area contributed by atoms with Gasteiger partial charge in [0.2, 0.25) is 0 Å². The lowest BCUT2D eigenvalue weighted by Gasteiger charge is -2.10. The van der Waals surface area contributed by atoms with Crippen molar-refractivity contribution >= 4 is 11.6 Å². The Balaban J connectivity index is 1.98. The van der Waals surface area contributed by atoms with Crippen molar-refractivity contribution in [3.8, 4) is 11.3 Å². The first-order valence-electron chi connectivity index (χ1n) is 7.84. The normalized spacial score (nSPS) is 10.7. The third-order valence-electron chi connectivity index (χ3n) is 3.65. The number of rotatable bonds is 5. The van der Waals surface area contributed by atoms with E-state index in [4.69, 9.17) is 4.74 Å². The van der Waals surface area contributed by atoms with E-state index in [1.54, 1.807) is 12.1 Å². The highest BCUT2D eigenvalue weighted by Crippen LogP contribution is 2.28. The SMILES string of the molecule is COCc1cc(F)c(-c2nc(C(=O)Nc3cccnc3)ccc2F)c(F)c1. The second-order valence-corrected chi connectivity index (χ2v) is 5.59. The molecule has 138 valence electrons. The predicted octanol–water partition coefficient (Wildman–Crippen LogP) is 3.96. The van der Waals surface area contributed by atoms with Gasteiger partial charge in [-0.2, -0.15) is 0 Å². The number of ether oxygens (including phenoxy) is 1. The third-order valence-corrected chi connectivity index (χ3v) is 3.65. The van der Waals surface area contributed by atoms with Gasteiger partial charge in [0.1, 0.15) is 28.8 Å². The first kappa shape index (κ1) is 18.5. The van der Waals surface area contributed by atoms with Crippen LogP contribution in [0.1, 0.15) is 16.1 Å². The van der Waals surface area contributed by atoms with Crippen molar-refractivity contribution in [2.75, 3.05) is 12.4 Å². The van der Waals surface area contributed by atoms with E-state index >= 15 is 0 Å². The van der Waals surface area contributed by atoms with Crippen molar-refractivity contribution in [2.45, 2.75) is 6.61 Å². The van der Waals surface area contributed by atoms with Crippen molar-refractivity contribution in [3.63, 3.8) is 0 Å². The zero-order valence-corrected chi connectivity index (χ0v) is 14.2. The largest absolute Gasteiger partial charge is 0.380 e. The molecule has 27 heavy (non-hydrogen) atoms. The van der Waals surface area contributed by atoms with E-state index in [-0.39, 0.29) is 17.9 Å². The van der Waals surface area contributed by atoms with Crippen LogP contribution in [0.4, 0.5) is 18.9 Å². The Bertz CT molecular complexity index is 958. The fourth-order valence-corrected chi connectivity index (χ4v) is 2.48. The number of carbonyl (C=O) groups excluding carboxylic acids is 1. The number of nitrogens with one attached hydrogen (secondary N) is 1. The molecule has 5 nitrogen and oxygen atoms in total. The number of methoxy groups -OCH3 is 1. The minimum Gasteiger partial charge on any atom is -0.380 e. The summed E-state index contributed by atoms with van der Waals surface area (Å²) in [4.78, 5) is 20.0. The molecule has 0 saturated carbocycles. The lowest BCUT2D eigenvalue weighted by molar-refractivity contribution is 0.102. The Morgan fingerprint density at radius 3 is 2.48 bits per heavy atom.